The van der Waals surface area contributed by atoms with E-state index in [1.807, 2.05) is 0 Å². The van der Waals surface area contributed by atoms with Crippen molar-refractivity contribution >= 4 is 26.8 Å². The second kappa shape index (κ2) is 10.4. The fraction of sp³-hybridized carbons (Fsp3) is 0.556. The Morgan fingerprint density at radius 2 is 1.10 bits per heavy atom. The molecule has 0 amide bonds. The van der Waals surface area contributed by atoms with Crippen LogP contribution in [0.3, 0.4) is 0 Å². The third-order valence-corrected chi connectivity index (χ3v) is 10.9. The first kappa shape index (κ1) is 24.3. The van der Waals surface area contributed by atoms with Crippen molar-refractivity contribution in [3.05, 3.63) is 57.6 Å². The summed E-state index contributed by atoms with van der Waals surface area (Å²) in [5.74, 6) is 1.24. The van der Waals surface area contributed by atoms with Crippen LogP contribution in [0.2, 0.25) is 0 Å². The summed E-state index contributed by atoms with van der Waals surface area (Å²) in [6.45, 7) is 20.1. The average molecular weight is 508 g/mol. The molecule has 2 aromatic carbocycles. The molecule has 0 N–H and O–H groups in total. The monoisotopic (exact) mass is 510 g/mol. The van der Waals surface area contributed by atoms with E-state index >= 15 is 0 Å². The van der Waals surface area contributed by atoms with Gasteiger partial charge >= 0.3 is 187 Å². The summed E-state index contributed by atoms with van der Waals surface area (Å²) in [4.78, 5) is 0. The van der Waals surface area contributed by atoms with E-state index in [1.165, 1.54) is 40.6 Å². The van der Waals surface area contributed by atoms with Gasteiger partial charge in [0.25, 0.3) is 0 Å². The van der Waals surface area contributed by atoms with Gasteiger partial charge in [-0.1, -0.05) is 0 Å². The Balaban J connectivity index is 2.85. The summed E-state index contributed by atoms with van der Waals surface area (Å²) < 4.78 is 16.8. The molecule has 0 saturated carbocycles. The molecular weight excluding hydrogens is 468 g/mol. The molecule has 0 atom stereocenters. The van der Waals surface area contributed by atoms with Gasteiger partial charge in [-0.05, 0) is 0 Å². The van der Waals surface area contributed by atoms with Crippen LogP contribution in [0, 0.1) is 0 Å². The van der Waals surface area contributed by atoms with E-state index in [9.17, 15) is 3.10 Å². The third-order valence-electron chi connectivity index (χ3n) is 5.92. The Labute approximate surface area is 186 Å². The van der Waals surface area contributed by atoms with Gasteiger partial charge in [-0.15, -0.1) is 0 Å². The van der Waals surface area contributed by atoms with Gasteiger partial charge < -0.3 is 0 Å². The van der Waals surface area contributed by atoms with Crippen molar-refractivity contribution in [3.63, 3.8) is 0 Å². The molecule has 0 aliphatic carbocycles. The average Bonchev–Trinajstić information content (AvgIpc) is 2.70. The van der Waals surface area contributed by atoms with Crippen LogP contribution in [0.25, 0.3) is 0 Å². The van der Waals surface area contributed by atoms with Crippen molar-refractivity contribution in [3.8, 4) is 0 Å². The summed E-state index contributed by atoms with van der Waals surface area (Å²) >= 11 is -2.95. The molecule has 0 aliphatic heterocycles. The zero-order chi connectivity index (χ0) is 21.9. The molecule has 0 heterocycles. The maximum atomic E-state index is 14.4. The number of hydrogen-bond donors (Lipinski definition) is 0. The predicted octanol–water partition coefficient (Wildman–Crippen LogP) is 6.28. The van der Waals surface area contributed by atoms with E-state index in [0.29, 0.717) is 17.8 Å². The minimum absolute atomic E-state index is 0.378. The molecule has 0 aromatic heterocycles. The first-order valence-corrected chi connectivity index (χ1v) is 14.7. The minimum atomic E-state index is -2.95. The van der Waals surface area contributed by atoms with Crippen molar-refractivity contribution in [2.75, 3.05) is 0 Å². The van der Waals surface area contributed by atoms with Crippen LogP contribution < -0.4 is 7.22 Å². The van der Waals surface area contributed by atoms with E-state index in [-0.39, 0.29) is 0 Å². The molecule has 0 unspecified atom stereocenters. The Morgan fingerprint density at radius 3 is 1.41 bits per heavy atom. The first-order valence-electron chi connectivity index (χ1n) is 11.4. The molecule has 0 fully saturated rings. The topological polar surface area (TPSA) is 17.1 Å². The summed E-state index contributed by atoms with van der Waals surface area (Å²) in [5, 5.41) is 0. The van der Waals surface area contributed by atoms with E-state index in [4.69, 9.17) is 0 Å². The normalized spacial score (nSPS) is 12.0. The Kier molecular flexibility index (Phi) is 8.69. The second-order valence-corrected chi connectivity index (χ2v) is 12.9. The SMILES string of the molecule is CCc1cc(CC)c([Te](=O)c2c(C(C)C)cc(C(C)C)cc2C(C)C)c(CC)c1. The third kappa shape index (κ3) is 5.21. The molecule has 0 spiro atoms. The molecule has 1 nitrogen and oxygen atoms in total. The number of rotatable bonds is 8. The molecule has 2 rings (SSSR count). The van der Waals surface area contributed by atoms with Gasteiger partial charge in [0.15, 0.2) is 0 Å². The Morgan fingerprint density at radius 1 is 0.655 bits per heavy atom. The zero-order valence-corrected chi connectivity index (χ0v) is 22.3. The molecule has 2 aromatic rings. The fourth-order valence-electron chi connectivity index (χ4n) is 4.00. The van der Waals surface area contributed by atoms with Crippen molar-refractivity contribution in [2.24, 2.45) is 0 Å². The summed E-state index contributed by atoms with van der Waals surface area (Å²) in [5.41, 5.74) is 8.00. The summed E-state index contributed by atoms with van der Waals surface area (Å²) in [6, 6.07) is 9.32. The standard InChI is InChI=1S/C27H40OTe/c1-10-20-13-21(11-2)26(22(12-3)14-20)29(28)27-24(18(6)7)15-23(17(4)5)16-25(27)19(8)9/h13-19H,10-12H2,1-9H3. The molecule has 160 valence electrons. The molecule has 0 bridgehead atoms. The van der Waals surface area contributed by atoms with Gasteiger partial charge in [0.1, 0.15) is 0 Å². The predicted molar refractivity (Wildman–Crippen MR) is 129 cm³/mol. The van der Waals surface area contributed by atoms with Crippen LogP contribution in [0.5, 0.6) is 0 Å². The first-order chi connectivity index (χ1) is 13.7. The fourth-order valence-corrected chi connectivity index (χ4v) is 10.0. The number of aryl methyl sites for hydroxylation is 3. The van der Waals surface area contributed by atoms with Crippen LogP contribution in [0.1, 0.15) is 113 Å². The Hall–Kier alpha value is -0.970. The van der Waals surface area contributed by atoms with Crippen LogP contribution in [0.15, 0.2) is 24.3 Å². The second-order valence-electron chi connectivity index (χ2n) is 9.07. The molecule has 0 radical (unpaired) electrons. The van der Waals surface area contributed by atoms with Crippen molar-refractivity contribution in [1.29, 1.82) is 0 Å². The maximum absolute atomic E-state index is 14.4. The zero-order valence-electron chi connectivity index (χ0n) is 20.0. The van der Waals surface area contributed by atoms with E-state index < -0.39 is 19.5 Å². The molecular formula is C27H40OTe. The molecule has 2 heteroatoms. The quantitative estimate of drug-likeness (QED) is 0.384. The van der Waals surface area contributed by atoms with Crippen molar-refractivity contribution < 1.29 is 3.10 Å². The van der Waals surface area contributed by atoms with E-state index in [0.717, 1.165) is 19.3 Å². The summed E-state index contributed by atoms with van der Waals surface area (Å²) in [7, 11) is 0. The van der Waals surface area contributed by atoms with Crippen molar-refractivity contribution in [1.82, 2.24) is 0 Å². The molecule has 0 saturated heterocycles. The van der Waals surface area contributed by atoms with Gasteiger partial charge in [0.2, 0.25) is 0 Å². The van der Waals surface area contributed by atoms with Gasteiger partial charge in [-0.2, -0.15) is 0 Å². The molecule has 29 heavy (non-hydrogen) atoms. The van der Waals surface area contributed by atoms with Gasteiger partial charge in [-0.25, -0.2) is 0 Å². The van der Waals surface area contributed by atoms with Crippen LogP contribution in [-0.2, 0) is 22.4 Å². The van der Waals surface area contributed by atoms with E-state index in [2.05, 4.69) is 86.6 Å². The van der Waals surface area contributed by atoms with Gasteiger partial charge in [0.05, 0.1) is 0 Å². The summed E-state index contributed by atoms with van der Waals surface area (Å²) in [6.07, 6.45) is 2.94. The Bertz CT molecular complexity index is 820. The van der Waals surface area contributed by atoms with Gasteiger partial charge in [0, 0.05) is 0 Å². The van der Waals surface area contributed by atoms with Gasteiger partial charge in [-0.3, -0.25) is 0 Å². The van der Waals surface area contributed by atoms with Crippen LogP contribution in [-0.4, -0.2) is 19.5 Å². The number of hydrogen-bond acceptors (Lipinski definition) is 1. The van der Waals surface area contributed by atoms with Crippen molar-refractivity contribution in [2.45, 2.75) is 99.3 Å². The van der Waals surface area contributed by atoms with E-state index in [1.54, 1.807) is 0 Å². The molecule has 0 aliphatic rings. The van der Waals surface area contributed by atoms with Crippen LogP contribution in [0.4, 0.5) is 0 Å². The number of benzene rings is 2. The van der Waals surface area contributed by atoms with Crippen LogP contribution >= 0.6 is 0 Å².